The van der Waals surface area contributed by atoms with Gasteiger partial charge in [0.1, 0.15) is 17.9 Å². The third-order valence-electron chi connectivity index (χ3n) is 4.94. The molecule has 30 heavy (non-hydrogen) atoms. The number of nitrogens with zero attached hydrogens (tertiary/aromatic N) is 2. The minimum atomic E-state index is -0.363. The first-order valence-electron chi connectivity index (χ1n) is 9.78. The van der Waals surface area contributed by atoms with Gasteiger partial charge in [-0.15, -0.1) is 0 Å². The van der Waals surface area contributed by atoms with Crippen molar-refractivity contribution in [1.29, 1.82) is 0 Å². The summed E-state index contributed by atoms with van der Waals surface area (Å²) in [5, 5.41) is 3.79. The highest BCUT2D eigenvalue weighted by Gasteiger charge is 2.34. The molecular weight excluding hydrogens is 378 g/mol. The van der Waals surface area contributed by atoms with E-state index in [0.717, 1.165) is 16.6 Å². The first-order valence-corrected chi connectivity index (χ1v) is 9.78. The number of amides is 2. The van der Waals surface area contributed by atoms with Gasteiger partial charge in [-0.25, -0.2) is 0 Å². The van der Waals surface area contributed by atoms with Crippen LogP contribution in [0.25, 0.3) is 10.9 Å². The topological polar surface area (TPSA) is 71.5 Å². The van der Waals surface area contributed by atoms with Crippen molar-refractivity contribution in [2.45, 2.75) is 6.42 Å². The van der Waals surface area contributed by atoms with E-state index < -0.39 is 0 Å². The first-order chi connectivity index (χ1) is 14.7. The van der Waals surface area contributed by atoms with Gasteiger partial charge in [-0.05, 0) is 24.3 Å². The predicted molar refractivity (Wildman–Crippen MR) is 115 cm³/mol. The van der Waals surface area contributed by atoms with Crippen molar-refractivity contribution in [1.82, 2.24) is 10.3 Å². The van der Waals surface area contributed by atoms with E-state index in [1.807, 2.05) is 60.7 Å². The normalized spacial score (nSPS) is 15.5. The smallest absolute Gasteiger partial charge is 0.227 e. The van der Waals surface area contributed by atoms with E-state index >= 15 is 0 Å². The van der Waals surface area contributed by atoms with Crippen LogP contribution < -0.4 is 15.0 Å². The average molecular weight is 399 g/mol. The number of fused-ring (bicyclic) bond motifs is 1. The van der Waals surface area contributed by atoms with Crippen molar-refractivity contribution in [3.8, 4) is 17.6 Å². The molecule has 2 amide bonds. The van der Waals surface area contributed by atoms with Crippen LogP contribution in [0.3, 0.4) is 0 Å². The summed E-state index contributed by atoms with van der Waals surface area (Å²) in [4.78, 5) is 30.6. The minimum Gasteiger partial charge on any atom is -0.479 e. The second-order valence-corrected chi connectivity index (χ2v) is 6.93. The van der Waals surface area contributed by atoms with Crippen molar-refractivity contribution < 1.29 is 14.3 Å². The third kappa shape index (κ3) is 4.41. The molecule has 6 nitrogen and oxygen atoms in total. The van der Waals surface area contributed by atoms with E-state index in [9.17, 15) is 9.59 Å². The summed E-state index contributed by atoms with van der Waals surface area (Å²) >= 11 is 0. The Hall–Kier alpha value is -3.85. The van der Waals surface area contributed by atoms with Crippen LogP contribution in [-0.2, 0) is 9.59 Å². The number of anilines is 1. The number of carbonyl (C=O) groups excluding carboxylic acids is 2. The molecule has 1 aromatic heterocycles. The summed E-state index contributed by atoms with van der Waals surface area (Å²) in [5.41, 5.74) is 1.61. The van der Waals surface area contributed by atoms with Crippen LogP contribution in [0.4, 0.5) is 5.69 Å². The zero-order chi connectivity index (χ0) is 20.8. The van der Waals surface area contributed by atoms with Gasteiger partial charge in [-0.3, -0.25) is 14.6 Å². The van der Waals surface area contributed by atoms with Crippen LogP contribution >= 0.6 is 0 Å². The zero-order valence-electron chi connectivity index (χ0n) is 16.4. The predicted octanol–water partition coefficient (Wildman–Crippen LogP) is 2.79. The summed E-state index contributed by atoms with van der Waals surface area (Å²) in [7, 11) is 0. The molecule has 1 fully saturated rings. The molecule has 0 spiro atoms. The lowest BCUT2D eigenvalue weighted by molar-refractivity contribution is -0.126. The number of aromatic nitrogens is 1. The number of benzene rings is 2. The van der Waals surface area contributed by atoms with E-state index in [1.54, 1.807) is 11.1 Å². The number of carbonyl (C=O) groups is 2. The van der Waals surface area contributed by atoms with Crippen LogP contribution in [-0.4, -0.2) is 36.5 Å². The number of nitrogens with one attached hydrogen (secondary N) is 1. The van der Waals surface area contributed by atoms with Gasteiger partial charge < -0.3 is 15.0 Å². The molecule has 2 aromatic carbocycles. The molecule has 6 heteroatoms. The summed E-state index contributed by atoms with van der Waals surface area (Å²) in [6, 6.07) is 19.0. The lowest BCUT2D eigenvalue weighted by Crippen LogP contribution is -2.33. The quantitative estimate of drug-likeness (QED) is 0.670. The molecule has 1 N–H and O–H groups in total. The maximum Gasteiger partial charge on any atom is 0.227 e. The fourth-order valence-corrected chi connectivity index (χ4v) is 3.44. The molecule has 1 aliphatic heterocycles. The third-order valence-corrected chi connectivity index (χ3v) is 4.94. The molecule has 3 aromatic rings. The lowest BCUT2D eigenvalue weighted by Gasteiger charge is -2.16. The van der Waals surface area contributed by atoms with Gasteiger partial charge in [-0.1, -0.05) is 48.2 Å². The first kappa shape index (κ1) is 19.5. The average Bonchev–Trinajstić information content (AvgIpc) is 3.18. The number of pyridine rings is 1. The van der Waals surface area contributed by atoms with Gasteiger partial charge in [0.15, 0.2) is 0 Å². The molecule has 1 saturated heterocycles. The van der Waals surface area contributed by atoms with Gasteiger partial charge in [0.05, 0.1) is 12.5 Å². The van der Waals surface area contributed by atoms with Gasteiger partial charge >= 0.3 is 0 Å². The van der Waals surface area contributed by atoms with Crippen LogP contribution in [0.15, 0.2) is 66.9 Å². The van der Waals surface area contributed by atoms with Gasteiger partial charge in [0.25, 0.3) is 0 Å². The lowest BCUT2D eigenvalue weighted by atomic mass is 10.1. The van der Waals surface area contributed by atoms with Crippen LogP contribution in [0.5, 0.6) is 5.75 Å². The summed E-state index contributed by atoms with van der Waals surface area (Å²) in [6.45, 7) is 0.806. The number of para-hydroxylation sites is 2. The Balaban J connectivity index is 1.25. The Morgan fingerprint density at radius 2 is 1.93 bits per heavy atom. The molecule has 150 valence electrons. The molecule has 0 radical (unpaired) electrons. The molecule has 0 saturated carbocycles. The molecule has 1 unspecified atom stereocenters. The number of hydrogen-bond donors (Lipinski definition) is 1. The summed E-state index contributed by atoms with van der Waals surface area (Å²) in [5.74, 6) is 5.90. The highest BCUT2D eigenvalue weighted by atomic mass is 16.5. The standard InChI is InChI=1S/C24H21N3O3/c28-22-16-19(17-27(22)20-10-2-1-3-11-20)24(29)26-13-4-5-15-30-21-12-6-8-18-9-7-14-25-23(18)21/h1-3,6-12,14,19H,13,15-17H2,(H,26,29). The molecule has 4 rings (SSSR count). The van der Waals surface area contributed by atoms with Crippen LogP contribution in [0.1, 0.15) is 6.42 Å². The van der Waals surface area contributed by atoms with Gasteiger partial charge in [0.2, 0.25) is 11.8 Å². The Morgan fingerprint density at radius 1 is 1.10 bits per heavy atom. The fourth-order valence-electron chi connectivity index (χ4n) is 3.44. The number of hydrogen-bond acceptors (Lipinski definition) is 4. The minimum absolute atomic E-state index is 0.0375. The van der Waals surface area contributed by atoms with E-state index in [2.05, 4.69) is 22.1 Å². The molecule has 2 heterocycles. The highest BCUT2D eigenvalue weighted by Crippen LogP contribution is 2.25. The maximum atomic E-state index is 12.4. The Morgan fingerprint density at radius 3 is 2.80 bits per heavy atom. The van der Waals surface area contributed by atoms with Crippen molar-refractivity contribution in [2.75, 3.05) is 24.6 Å². The second kappa shape index (κ2) is 9.10. The SMILES string of the molecule is O=C(NCC#CCOc1cccc2cccnc12)C1CC(=O)N(c2ccccc2)C1. The largest absolute Gasteiger partial charge is 0.479 e. The zero-order valence-corrected chi connectivity index (χ0v) is 16.4. The molecular formula is C24H21N3O3. The molecule has 0 bridgehead atoms. The summed E-state index contributed by atoms with van der Waals surface area (Å²) in [6.07, 6.45) is 1.94. The Kier molecular flexibility index (Phi) is 5.90. The van der Waals surface area contributed by atoms with Crippen molar-refractivity contribution >= 4 is 28.4 Å². The van der Waals surface area contributed by atoms with Crippen LogP contribution in [0.2, 0.25) is 0 Å². The van der Waals surface area contributed by atoms with E-state index in [-0.39, 0.29) is 37.3 Å². The molecule has 1 atom stereocenters. The van der Waals surface area contributed by atoms with Gasteiger partial charge in [-0.2, -0.15) is 0 Å². The molecule has 0 aliphatic carbocycles. The van der Waals surface area contributed by atoms with Crippen LogP contribution in [0, 0.1) is 17.8 Å². The van der Waals surface area contributed by atoms with Crippen molar-refractivity contribution in [3.05, 3.63) is 66.9 Å². The maximum absolute atomic E-state index is 12.4. The van der Waals surface area contributed by atoms with E-state index in [0.29, 0.717) is 12.3 Å². The highest BCUT2D eigenvalue weighted by molar-refractivity contribution is 6.00. The fraction of sp³-hybridized carbons (Fsp3) is 0.208. The Labute approximate surface area is 174 Å². The number of ether oxygens (including phenoxy) is 1. The monoisotopic (exact) mass is 399 g/mol. The van der Waals surface area contributed by atoms with Crippen molar-refractivity contribution in [3.63, 3.8) is 0 Å². The van der Waals surface area contributed by atoms with Crippen molar-refractivity contribution in [2.24, 2.45) is 5.92 Å². The van der Waals surface area contributed by atoms with E-state index in [1.165, 1.54) is 0 Å². The van der Waals surface area contributed by atoms with Gasteiger partial charge in [0, 0.05) is 30.2 Å². The summed E-state index contributed by atoms with van der Waals surface area (Å²) < 4.78 is 5.70. The Bertz CT molecular complexity index is 1110. The second-order valence-electron chi connectivity index (χ2n) is 6.93. The van der Waals surface area contributed by atoms with E-state index in [4.69, 9.17) is 4.74 Å². The number of rotatable bonds is 5. The molecule has 1 aliphatic rings.